The van der Waals surface area contributed by atoms with Gasteiger partial charge in [0.15, 0.2) is 11.6 Å². The van der Waals surface area contributed by atoms with Crippen LogP contribution in [-0.2, 0) is 6.54 Å². The first-order chi connectivity index (χ1) is 10.2. The Morgan fingerprint density at radius 3 is 2.81 bits per heavy atom. The van der Waals surface area contributed by atoms with Crippen LogP contribution in [0.4, 0.5) is 10.2 Å². The molecule has 1 aromatic carbocycles. The monoisotopic (exact) mass is 285 g/mol. The Balaban J connectivity index is 2.27. The molecule has 21 heavy (non-hydrogen) atoms. The van der Waals surface area contributed by atoms with Crippen LogP contribution in [0.3, 0.4) is 0 Å². The first kappa shape index (κ1) is 14.8. The van der Waals surface area contributed by atoms with Gasteiger partial charge in [0.2, 0.25) is 0 Å². The smallest absolute Gasteiger partial charge is 0.165 e. The summed E-state index contributed by atoms with van der Waals surface area (Å²) in [6.45, 7) is 3.11. The van der Waals surface area contributed by atoms with Crippen LogP contribution in [0.2, 0.25) is 0 Å². The SMILES string of the molecule is CCN(Cc1ccc(OC)c(F)c1)c1ncccc1C#N. The van der Waals surface area contributed by atoms with Crippen molar-refractivity contribution in [2.24, 2.45) is 0 Å². The molecule has 4 nitrogen and oxygen atoms in total. The molecule has 0 unspecified atom stereocenters. The van der Waals surface area contributed by atoms with Gasteiger partial charge in [-0.2, -0.15) is 5.26 Å². The maximum atomic E-state index is 13.7. The third kappa shape index (κ3) is 3.29. The van der Waals surface area contributed by atoms with Crippen molar-refractivity contribution in [3.8, 4) is 11.8 Å². The number of anilines is 1. The standard InChI is InChI=1S/C16H16FN3O/c1-3-20(16-13(10-18)5-4-8-19-16)11-12-6-7-15(21-2)14(17)9-12/h4-9H,3,11H2,1-2H3. The molecule has 5 heteroatoms. The highest BCUT2D eigenvalue weighted by molar-refractivity contribution is 5.53. The number of ether oxygens (including phenoxy) is 1. The van der Waals surface area contributed by atoms with Gasteiger partial charge in [-0.1, -0.05) is 6.07 Å². The van der Waals surface area contributed by atoms with E-state index in [2.05, 4.69) is 11.1 Å². The van der Waals surface area contributed by atoms with Crippen LogP contribution in [0.25, 0.3) is 0 Å². The number of hydrogen-bond donors (Lipinski definition) is 0. The molecular weight excluding hydrogens is 269 g/mol. The van der Waals surface area contributed by atoms with Gasteiger partial charge in [0, 0.05) is 19.3 Å². The molecule has 0 spiro atoms. The summed E-state index contributed by atoms with van der Waals surface area (Å²) in [5.41, 5.74) is 1.30. The van der Waals surface area contributed by atoms with Crippen LogP contribution in [0, 0.1) is 17.1 Å². The van der Waals surface area contributed by atoms with Crippen molar-refractivity contribution in [3.05, 3.63) is 53.5 Å². The maximum absolute atomic E-state index is 13.7. The molecule has 108 valence electrons. The lowest BCUT2D eigenvalue weighted by Crippen LogP contribution is -2.24. The molecule has 0 radical (unpaired) electrons. The molecule has 0 bridgehead atoms. The second-order valence-electron chi connectivity index (χ2n) is 4.47. The second kappa shape index (κ2) is 6.71. The molecule has 0 aliphatic carbocycles. The lowest BCUT2D eigenvalue weighted by molar-refractivity contribution is 0.386. The first-order valence-electron chi connectivity index (χ1n) is 6.62. The number of methoxy groups -OCH3 is 1. The first-order valence-corrected chi connectivity index (χ1v) is 6.62. The van der Waals surface area contributed by atoms with Crippen molar-refractivity contribution in [1.82, 2.24) is 4.98 Å². The Bertz CT molecular complexity index is 667. The van der Waals surface area contributed by atoms with Crippen molar-refractivity contribution in [1.29, 1.82) is 5.26 Å². The molecule has 0 aliphatic rings. The van der Waals surface area contributed by atoms with Crippen molar-refractivity contribution >= 4 is 5.82 Å². The second-order valence-corrected chi connectivity index (χ2v) is 4.47. The van der Waals surface area contributed by atoms with E-state index in [1.807, 2.05) is 11.8 Å². The number of hydrogen-bond acceptors (Lipinski definition) is 4. The summed E-state index contributed by atoms with van der Waals surface area (Å²) in [7, 11) is 1.43. The van der Waals surface area contributed by atoms with Gasteiger partial charge in [0.25, 0.3) is 0 Å². The highest BCUT2D eigenvalue weighted by Gasteiger charge is 2.12. The summed E-state index contributed by atoms with van der Waals surface area (Å²) in [6, 6.07) is 10.4. The van der Waals surface area contributed by atoms with E-state index < -0.39 is 5.82 Å². The van der Waals surface area contributed by atoms with Gasteiger partial charge >= 0.3 is 0 Å². The van der Waals surface area contributed by atoms with Crippen LogP contribution in [-0.4, -0.2) is 18.6 Å². The molecule has 0 fully saturated rings. The zero-order valence-corrected chi connectivity index (χ0v) is 12.0. The van der Waals surface area contributed by atoms with Crippen molar-refractivity contribution in [2.75, 3.05) is 18.6 Å². The third-order valence-corrected chi connectivity index (χ3v) is 3.18. The number of nitrogens with zero attached hydrogens (tertiary/aromatic N) is 3. The number of nitriles is 1. The normalized spacial score (nSPS) is 10.0. The molecule has 0 atom stereocenters. The summed E-state index contributed by atoms with van der Waals surface area (Å²) < 4.78 is 18.6. The van der Waals surface area contributed by atoms with Gasteiger partial charge in [-0.3, -0.25) is 0 Å². The van der Waals surface area contributed by atoms with Gasteiger partial charge in [-0.05, 0) is 36.8 Å². The molecule has 1 aromatic heterocycles. The average molecular weight is 285 g/mol. The fourth-order valence-electron chi connectivity index (χ4n) is 2.10. The number of benzene rings is 1. The van der Waals surface area contributed by atoms with E-state index in [1.54, 1.807) is 30.5 Å². The van der Waals surface area contributed by atoms with Crippen LogP contribution in [0.1, 0.15) is 18.1 Å². The predicted molar refractivity (Wildman–Crippen MR) is 78.6 cm³/mol. The fourth-order valence-corrected chi connectivity index (χ4v) is 2.10. The number of rotatable bonds is 5. The Labute approximate surface area is 123 Å². The Morgan fingerprint density at radius 1 is 1.38 bits per heavy atom. The minimum atomic E-state index is -0.396. The van der Waals surface area contributed by atoms with E-state index in [9.17, 15) is 4.39 Å². The van der Waals surface area contributed by atoms with Gasteiger partial charge in [-0.15, -0.1) is 0 Å². The van der Waals surface area contributed by atoms with Crippen molar-refractivity contribution < 1.29 is 9.13 Å². The molecule has 0 amide bonds. The molecule has 0 saturated heterocycles. The summed E-state index contributed by atoms with van der Waals surface area (Å²) in [5.74, 6) is 0.434. The maximum Gasteiger partial charge on any atom is 0.165 e. The quantitative estimate of drug-likeness (QED) is 0.847. The highest BCUT2D eigenvalue weighted by Crippen LogP contribution is 2.22. The van der Waals surface area contributed by atoms with E-state index in [0.29, 0.717) is 24.5 Å². The van der Waals surface area contributed by atoms with E-state index in [0.717, 1.165) is 5.56 Å². The molecule has 2 aromatic rings. The highest BCUT2D eigenvalue weighted by atomic mass is 19.1. The van der Waals surface area contributed by atoms with Crippen LogP contribution in [0.5, 0.6) is 5.75 Å². The van der Waals surface area contributed by atoms with Crippen LogP contribution >= 0.6 is 0 Å². The molecule has 0 saturated carbocycles. The Hall–Kier alpha value is -2.61. The van der Waals surface area contributed by atoms with Crippen molar-refractivity contribution in [3.63, 3.8) is 0 Å². The molecule has 2 rings (SSSR count). The Kier molecular flexibility index (Phi) is 4.72. The summed E-state index contributed by atoms with van der Waals surface area (Å²) >= 11 is 0. The van der Waals surface area contributed by atoms with Gasteiger partial charge in [0.1, 0.15) is 11.9 Å². The lowest BCUT2D eigenvalue weighted by atomic mass is 10.1. The van der Waals surface area contributed by atoms with Gasteiger partial charge in [0.05, 0.1) is 12.7 Å². The summed E-state index contributed by atoms with van der Waals surface area (Å²) in [6.07, 6.45) is 1.65. The zero-order chi connectivity index (χ0) is 15.2. The molecule has 0 N–H and O–H groups in total. The average Bonchev–Trinajstić information content (AvgIpc) is 2.52. The number of pyridine rings is 1. The largest absolute Gasteiger partial charge is 0.494 e. The fraction of sp³-hybridized carbons (Fsp3) is 0.250. The zero-order valence-electron chi connectivity index (χ0n) is 12.0. The number of halogens is 1. The topological polar surface area (TPSA) is 49.1 Å². The van der Waals surface area contributed by atoms with Crippen LogP contribution in [0.15, 0.2) is 36.5 Å². The Morgan fingerprint density at radius 2 is 2.19 bits per heavy atom. The molecule has 0 aliphatic heterocycles. The van der Waals surface area contributed by atoms with Gasteiger partial charge < -0.3 is 9.64 Å². The van der Waals surface area contributed by atoms with Crippen LogP contribution < -0.4 is 9.64 Å². The van der Waals surface area contributed by atoms with E-state index >= 15 is 0 Å². The minimum absolute atomic E-state index is 0.220. The van der Waals surface area contributed by atoms with Gasteiger partial charge in [-0.25, -0.2) is 9.37 Å². The molecular formula is C16H16FN3O. The number of aromatic nitrogens is 1. The summed E-state index contributed by atoms with van der Waals surface area (Å²) in [4.78, 5) is 6.19. The van der Waals surface area contributed by atoms with E-state index in [-0.39, 0.29) is 5.75 Å². The van der Waals surface area contributed by atoms with E-state index in [1.165, 1.54) is 13.2 Å². The van der Waals surface area contributed by atoms with Crippen molar-refractivity contribution in [2.45, 2.75) is 13.5 Å². The molecule has 1 heterocycles. The summed E-state index contributed by atoms with van der Waals surface area (Å²) in [5, 5.41) is 9.15. The minimum Gasteiger partial charge on any atom is -0.494 e. The third-order valence-electron chi connectivity index (χ3n) is 3.18. The predicted octanol–water partition coefficient (Wildman–Crippen LogP) is 3.13. The van der Waals surface area contributed by atoms with E-state index in [4.69, 9.17) is 10.00 Å². The lowest BCUT2D eigenvalue weighted by Gasteiger charge is -2.23.